The molecule has 3 aromatic rings. The number of pyridine rings is 1. The maximum Gasteiger partial charge on any atom is 0.244 e. The molecule has 3 heterocycles. The Morgan fingerprint density at radius 3 is 2.59 bits per heavy atom. The summed E-state index contributed by atoms with van der Waals surface area (Å²) >= 11 is 0. The number of benzene rings is 1. The molecule has 2 aromatic heterocycles. The number of aromatic nitrogens is 5. The average Bonchev–Trinajstić information content (AvgIpc) is 3.56. The molecular weight excluding hydrogens is 430 g/mol. The van der Waals surface area contributed by atoms with Crippen LogP contribution in [0.5, 0.6) is 0 Å². The van der Waals surface area contributed by atoms with E-state index in [9.17, 15) is 13.2 Å². The number of carbonyl (C=O) groups is 1. The van der Waals surface area contributed by atoms with Crippen LogP contribution in [-0.2, 0) is 14.8 Å². The van der Waals surface area contributed by atoms with Gasteiger partial charge in [0.05, 0.1) is 6.04 Å². The van der Waals surface area contributed by atoms with Gasteiger partial charge in [0, 0.05) is 42.7 Å². The number of amides is 1. The van der Waals surface area contributed by atoms with Gasteiger partial charge in [0.25, 0.3) is 0 Å². The van der Waals surface area contributed by atoms with E-state index in [1.54, 1.807) is 6.07 Å². The molecule has 1 amide bonds. The molecule has 11 heteroatoms. The summed E-state index contributed by atoms with van der Waals surface area (Å²) in [5.74, 6) is 0.329. The van der Waals surface area contributed by atoms with Crippen molar-refractivity contribution >= 4 is 21.6 Å². The molecule has 0 unspecified atom stereocenters. The number of nitrogens with one attached hydrogen (secondary N) is 1. The van der Waals surface area contributed by atoms with Crippen molar-refractivity contribution in [3.8, 4) is 11.4 Å². The number of piperidine rings is 1. The minimum absolute atomic E-state index is 0.109. The highest BCUT2D eigenvalue weighted by molar-refractivity contribution is 7.89. The van der Waals surface area contributed by atoms with Gasteiger partial charge in [-0.15, -0.1) is 5.10 Å². The molecule has 0 atom stereocenters. The molecule has 0 spiro atoms. The summed E-state index contributed by atoms with van der Waals surface area (Å²) in [4.78, 5) is 16.9. The summed E-state index contributed by atoms with van der Waals surface area (Å²) in [7, 11) is -3.59. The maximum absolute atomic E-state index is 12.8. The smallest absolute Gasteiger partial charge is 0.244 e. The van der Waals surface area contributed by atoms with E-state index in [4.69, 9.17) is 0 Å². The summed E-state index contributed by atoms with van der Waals surface area (Å²) in [6, 6.07) is 11.0. The van der Waals surface area contributed by atoms with Crippen molar-refractivity contribution in [1.29, 1.82) is 0 Å². The Morgan fingerprint density at radius 2 is 1.88 bits per heavy atom. The van der Waals surface area contributed by atoms with E-state index < -0.39 is 10.0 Å². The normalized spacial score (nSPS) is 17.9. The highest BCUT2D eigenvalue weighted by Crippen LogP contribution is 2.37. The molecule has 1 N–H and O–H groups in total. The van der Waals surface area contributed by atoms with E-state index in [1.807, 2.05) is 28.9 Å². The van der Waals surface area contributed by atoms with Gasteiger partial charge in [0.2, 0.25) is 15.9 Å². The molecule has 0 radical (unpaired) electrons. The molecule has 1 aliphatic carbocycles. The fourth-order valence-electron chi connectivity index (χ4n) is 3.94. The second kappa shape index (κ2) is 8.40. The summed E-state index contributed by atoms with van der Waals surface area (Å²) < 4.78 is 28.8. The van der Waals surface area contributed by atoms with E-state index in [-0.39, 0.29) is 16.7 Å². The summed E-state index contributed by atoms with van der Waals surface area (Å²) in [6.07, 6.45) is 5.96. The first-order chi connectivity index (χ1) is 15.5. The van der Waals surface area contributed by atoms with Gasteiger partial charge < -0.3 is 5.32 Å². The lowest BCUT2D eigenvalue weighted by Crippen LogP contribution is -2.41. The lowest BCUT2D eigenvalue weighted by Gasteiger charge is -2.30. The van der Waals surface area contributed by atoms with E-state index in [0.717, 1.165) is 18.4 Å². The van der Waals surface area contributed by atoms with Crippen LogP contribution >= 0.6 is 0 Å². The summed E-state index contributed by atoms with van der Waals surface area (Å²) in [6.45, 7) is 0.594. The van der Waals surface area contributed by atoms with Crippen molar-refractivity contribution in [2.24, 2.45) is 5.92 Å². The van der Waals surface area contributed by atoms with E-state index in [2.05, 4.69) is 25.8 Å². The lowest BCUT2D eigenvalue weighted by atomic mass is 9.97. The minimum atomic E-state index is -3.59. The quantitative estimate of drug-likeness (QED) is 0.606. The number of rotatable bonds is 6. The first-order valence-electron chi connectivity index (χ1n) is 10.6. The third-order valence-corrected chi connectivity index (χ3v) is 7.75. The zero-order valence-electron chi connectivity index (χ0n) is 17.3. The molecule has 5 rings (SSSR count). The molecule has 2 fully saturated rings. The Labute approximate surface area is 185 Å². The average molecular weight is 454 g/mol. The zero-order valence-corrected chi connectivity index (χ0v) is 18.1. The van der Waals surface area contributed by atoms with Gasteiger partial charge in [-0.2, -0.15) is 4.31 Å². The predicted octanol–water partition coefficient (Wildman–Crippen LogP) is 2.11. The Morgan fingerprint density at radius 1 is 1.06 bits per heavy atom. The van der Waals surface area contributed by atoms with Gasteiger partial charge >= 0.3 is 0 Å². The van der Waals surface area contributed by atoms with Crippen LogP contribution in [0, 0.1) is 5.92 Å². The fraction of sp³-hybridized carbons (Fsp3) is 0.381. The Balaban J connectivity index is 1.23. The molecule has 1 saturated carbocycles. The van der Waals surface area contributed by atoms with Crippen LogP contribution in [0.3, 0.4) is 0 Å². The van der Waals surface area contributed by atoms with Crippen molar-refractivity contribution in [2.45, 2.75) is 36.6 Å². The molecule has 32 heavy (non-hydrogen) atoms. The molecule has 166 valence electrons. The molecular formula is C21H23N7O3S. The van der Waals surface area contributed by atoms with Gasteiger partial charge in [-0.1, -0.05) is 12.1 Å². The number of sulfonamides is 1. The number of hydrogen-bond acceptors (Lipinski definition) is 7. The Bertz CT molecular complexity index is 1220. The second-order valence-electron chi connectivity index (χ2n) is 8.12. The number of anilines is 1. The first-order valence-corrected chi connectivity index (χ1v) is 12.1. The number of carbonyl (C=O) groups excluding carboxylic acids is 1. The van der Waals surface area contributed by atoms with Crippen LogP contribution in [-0.4, -0.2) is 56.9 Å². The summed E-state index contributed by atoms with van der Waals surface area (Å²) in [5.41, 5.74) is 1.51. The molecule has 0 bridgehead atoms. The Kier molecular flexibility index (Phi) is 5.43. The number of hydrogen-bond donors (Lipinski definition) is 1. The van der Waals surface area contributed by atoms with Crippen molar-refractivity contribution in [3.05, 3.63) is 48.8 Å². The van der Waals surface area contributed by atoms with E-state index in [1.165, 1.54) is 22.8 Å². The standard InChI is InChI=1S/C21H23N7O3S/c29-21(15-8-11-27(12-9-15)32(30,31)19-5-2-10-22-14-19)23-17-4-1-3-16(13-17)20-24-25-26-28(20)18-6-7-18/h1-5,10,13-15,18H,6-9,11-12H2,(H,23,29). The lowest BCUT2D eigenvalue weighted by molar-refractivity contribution is -0.120. The maximum atomic E-state index is 12.8. The minimum Gasteiger partial charge on any atom is -0.326 e. The topological polar surface area (TPSA) is 123 Å². The van der Waals surface area contributed by atoms with Gasteiger partial charge in [0.15, 0.2) is 5.82 Å². The predicted molar refractivity (Wildman–Crippen MR) is 116 cm³/mol. The molecule has 10 nitrogen and oxygen atoms in total. The SMILES string of the molecule is O=C(Nc1cccc(-c2nnnn2C2CC2)c1)C1CCN(S(=O)(=O)c2cccnc2)CC1. The van der Waals surface area contributed by atoms with Crippen LogP contribution < -0.4 is 5.32 Å². The Hall–Kier alpha value is -3.18. The van der Waals surface area contributed by atoms with Crippen molar-refractivity contribution in [1.82, 2.24) is 29.5 Å². The largest absolute Gasteiger partial charge is 0.326 e. The van der Waals surface area contributed by atoms with Gasteiger partial charge in [-0.3, -0.25) is 9.78 Å². The van der Waals surface area contributed by atoms with E-state index in [0.29, 0.717) is 43.5 Å². The first kappa shape index (κ1) is 20.7. The number of tetrazole rings is 1. The van der Waals surface area contributed by atoms with Crippen LogP contribution in [0.25, 0.3) is 11.4 Å². The summed E-state index contributed by atoms with van der Waals surface area (Å²) in [5, 5.41) is 15.0. The third-order valence-electron chi connectivity index (χ3n) is 5.87. The van der Waals surface area contributed by atoms with Crippen molar-refractivity contribution < 1.29 is 13.2 Å². The van der Waals surface area contributed by atoms with Crippen LogP contribution in [0.2, 0.25) is 0 Å². The molecule has 2 aliphatic rings. The zero-order chi connectivity index (χ0) is 22.1. The monoisotopic (exact) mass is 453 g/mol. The van der Waals surface area contributed by atoms with Gasteiger partial charge in [-0.25, -0.2) is 13.1 Å². The van der Waals surface area contributed by atoms with Gasteiger partial charge in [0.1, 0.15) is 4.90 Å². The fourth-order valence-corrected chi connectivity index (χ4v) is 5.37. The van der Waals surface area contributed by atoms with Crippen LogP contribution in [0.15, 0.2) is 53.7 Å². The second-order valence-corrected chi connectivity index (χ2v) is 10.1. The van der Waals surface area contributed by atoms with Crippen molar-refractivity contribution in [3.63, 3.8) is 0 Å². The van der Waals surface area contributed by atoms with E-state index >= 15 is 0 Å². The third kappa shape index (κ3) is 4.13. The van der Waals surface area contributed by atoms with Crippen LogP contribution in [0.1, 0.15) is 31.7 Å². The van der Waals surface area contributed by atoms with Crippen molar-refractivity contribution in [2.75, 3.05) is 18.4 Å². The highest BCUT2D eigenvalue weighted by Gasteiger charge is 2.32. The molecule has 1 aromatic carbocycles. The number of nitrogens with zero attached hydrogens (tertiary/aromatic N) is 6. The van der Waals surface area contributed by atoms with Crippen LogP contribution in [0.4, 0.5) is 5.69 Å². The molecule has 1 aliphatic heterocycles. The highest BCUT2D eigenvalue weighted by atomic mass is 32.2. The van der Waals surface area contributed by atoms with Gasteiger partial charge in [-0.05, 0) is 60.4 Å². The molecule has 1 saturated heterocycles.